The van der Waals surface area contributed by atoms with E-state index in [4.69, 9.17) is 15.9 Å². The quantitative estimate of drug-likeness (QED) is 0.480. The number of quaternary nitrogens is 1. The number of nitrogens with two attached hydrogens (primary N) is 1. The zero-order chi connectivity index (χ0) is 21.3. The highest BCUT2D eigenvalue weighted by molar-refractivity contribution is 8.02. The Balaban J connectivity index is 1.56. The number of hydrazone groups is 1. The summed E-state index contributed by atoms with van der Waals surface area (Å²) < 4.78 is 0.157. The summed E-state index contributed by atoms with van der Waals surface area (Å²) in [6.07, 6.45) is 5.82. The van der Waals surface area contributed by atoms with Gasteiger partial charge in [0.25, 0.3) is 0 Å². The number of benzene rings is 1. The number of nitrogens with zero attached hydrogens (tertiary/aromatic N) is 7. The minimum Gasteiger partial charge on any atom is -0.277 e. The predicted octanol–water partition coefficient (Wildman–Crippen LogP) is 0.758. The molecule has 0 radical (unpaired) electrons. The second-order valence-corrected chi connectivity index (χ2v) is 8.66. The van der Waals surface area contributed by atoms with Crippen molar-refractivity contribution in [2.45, 2.75) is 19.1 Å². The minimum absolute atomic E-state index is 0.157. The standard InChI is InChI=1S/C19H27N10S/c1-13-11-16-23-26(3)19(20,29(16,4)24-13)21-18-27(14-9-7-6-8-10-14)22-15-12-17(30-5)25(2)28(15)18/h6-12,18,21,23H,20H2,1-5H3/q+1. The van der Waals surface area contributed by atoms with E-state index in [-0.39, 0.29) is 10.9 Å². The van der Waals surface area contributed by atoms with Crippen LogP contribution in [-0.4, -0.2) is 70.8 Å². The van der Waals surface area contributed by atoms with Gasteiger partial charge in [-0.2, -0.15) is 5.32 Å². The number of rotatable bonds is 4. The van der Waals surface area contributed by atoms with Crippen molar-refractivity contribution in [3.63, 3.8) is 0 Å². The van der Waals surface area contributed by atoms with E-state index in [9.17, 15) is 0 Å². The van der Waals surface area contributed by atoms with Gasteiger partial charge in [-0.15, -0.1) is 26.5 Å². The molecule has 30 heavy (non-hydrogen) atoms. The molecule has 3 atom stereocenters. The maximum absolute atomic E-state index is 7.03. The molecule has 158 valence electrons. The smallest absolute Gasteiger partial charge is 0.277 e. The van der Waals surface area contributed by atoms with Crippen LogP contribution in [0.1, 0.15) is 6.92 Å². The van der Waals surface area contributed by atoms with Crippen LogP contribution in [0.4, 0.5) is 5.69 Å². The highest BCUT2D eigenvalue weighted by Crippen LogP contribution is 2.38. The monoisotopic (exact) mass is 427 g/mol. The fourth-order valence-corrected chi connectivity index (χ4v) is 4.90. The largest absolute Gasteiger partial charge is 0.322 e. The van der Waals surface area contributed by atoms with Gasteiger partial charge in [-0.3, -0.25) is 10.4 Å². The van der Waals surface area contributed by atoms with E-state index in [0.717, 1.165) is 28.1 Å². The molecule has 0 aromatic heterocycles. The Morgan fingerprint density at radius 3 is 2.67 bits per heavy atom. The molecule has 0 amide bonds. The van der Waals surface area contributed by atoms with Gasteiger partial charge >= 0.3 is 5.91 Å². The van der Waals surface area contributed by atoms with Crippen molar-refractivity contribution in [3.05, 3.63) is 53.3 Å². The highest BCUT2D eigenvalue weighted by atomic mass is 32.2. The van der Waals surface area contributed by atoms with Gasteiger partial charge in [0.2, 0.25) is 12.1 Å². The summed E-state index contributed by atoms with van der Waals surface area (Å²) in [7, 11) is 5.95. The van der Waals surface area contributed by atoms with E-state index < -0.39 is 5.91 Å². The molecule has 5 rings (SSSR count). The third-order valence-electron chi connectivity index (χ3n) is 6.00. The molecule has 0 spiro atoms. The van der Waals surface area contributed by atoms with E-state index in [1.807, 2.05) is 74.5 Å². The first-order valence-corrected chi connectivity index (χ1v) is 11.0. The number of nitrogens with one attached hydrogen (secondary N) is 2. The molecular weight excluding hydrogens is 400 g/mol. The van der Waals surface area contributed by atoms with E-state index in [0.29, 0.717) is 0 Å². The SMILES string of the molecule is CSC1=CC2=NN(c3ccccc3)C(NC3(N)N(C)NC4=CC(C)=N[N+]43C)N2N1C. The lowest BCUT2D eigenvalue weighted by molar-refractivity contribution is -0.932. The van der Waals surface area contributed by atoms with Crippen molar-refractivity contribution in [2.24, 2.45) is 15.9 Å². The molecule has 4 aliphatic rings. The second kappa shape index (κ2) is 6.46. The Morgan fingerprint density at radius 1 is 1.23 bits per heavy atom. The fraction of sp³-hybridized carbons (Fsp3) is 0.368. The van der Waals surface area contributed by atoms with Crippen molar-refractivity contribution >= 4 is 29.0 Å². The first-order chi connectivity index (χ1) is 14.3. The van der Waals surface area contributed by atoms with Crippen LogP contribution in [0.25, 0.3) is 0 Å². The van der Waals surface area contributed by atoms with Crippen LogP contribution in [0.5, 0.6) is 0 Å². The summed E-state index contributed by atoms with van der Waals surface area (Å²) in [5.74, 6) is 0.739. The first kappa shape index (κ1) is 19.4. The van der Waals surface area contributed by atoms with Gasteiger partial charge in [-0.05, 0) is 25.3 Å². The van der Waals surface area contributed by atoms with Gasteiger partial charge in [0.1, 0.15) is 12.8 Å². The molecule has 0 bridgehead atoms. The Kier molecular flexibility index (Phi) is 4.18. The number of fused-ring (bicyclic) bond motifs is 2. The van der Waals surface area contributed by atoms with E-state index in [1.54, 1.807) is 11.8 Å². The number of hydrogen-bond acceptors (Lipinski definition) is 10. The van der Waals surface area contributed by atoms with E-state index in [1.165, 1.54) is 0 Å². The molecule has 0 saturated carbocycles. The van der Waals surface area contributed by atoms with Gasteiger partial charge in [0.15, 0.2) is 5.84 Å². The van der Waals surface area contributed by atoms with Gasteiger partial charge in [-0.1, -0.05) is 23.3 Å². The lowest BCUT2D eigenvalue weighted by Gasteiger charge is -2.43. The normalized spacial score (nSPS) is 32.6. The minimum atomic E-state index is -1.05. The van der Waals surface area contributed by atoms with Gasteiger partial charge < -0.3 is 0 Å². The molecule has 4 heterocycles. The molecule has 1 aromatic carbocycles. The molecule has 1 saturated heterocycles. The molecule has 3 unspecified atom stereocenters. The maximum atomic E-state index is 7.03. The third-order valence-corrected chi connectivity index (χ3v) is 6.80. The topological polar surface area (TPSA) is 87.8 Å². The second-order valence-electron chi connectivity index (χ2n) is 7.84. The number of allylic oxidation sites excluding steroid dienone is 1. The zero-order valence-corrected chi connectivity index (χ0v) is 18.6. The molecular formula is C19H27N10S+. The summed E-state index contributed by atoms with van der Waals surface area (Å²) in [5.41, 5.74) is 12.3. The van der Waals surface area contributed by atoms with Crippen molar-refractivity contribution in [3.8, 4) is 0 Å². The Hall–Kier alpha value is -2.57. The zero-order valence-electron chi connectivity index (χ0n) is 17.7. The van der Waals surface area contributed by atoms with Crippen molar-refractivity contribution < 1.29 is 4.59 Å². The number of amidine groups is 1. The van der Waals surface area contributed by atoms with Crippen LogP contribution in [0.3, 0.4) is 0 Å². The molecule has 10 nitrogen and oxygen atoms in total. The highest BCUT2D eigenvalue weighted by Gasteiger charge is 2.64. The lowest BCUT2D eigenvalue weighted by Crippen LogP contribution is -2.78. The molecule has 1 aromatic rings. The Morgan fingerprint density at radius 2 is 1.97 bits per heavy atom. The summed E-state index contributed by atoms with van der Waals surface area (Å²) in [6, 6.07) is 10.1. The predicted molar refractivity (Wildman–Crippen MR) is 120 cm³/mol. The number of anilines is 1. The summed E-state index contributed by atoms with van der Waals surface area (Å²) in [6.45, 7) is 1.98. The Bertz CT molecular complexity index is 1000. The molecule has 1 fully saturated rings. The van der Waals surface area contributed by atoms with E-state index in [2.05, 4.69) is 33.1 Å². The Labute approximate surface area is 180 Å². The van der Waals surface area contributed by atoms with Crippen molar-refractivity contribution in [1.82, 2.24) is 25.8 Å². The fourth-order valence-electron chi connectivity index (χ4n) is 4.33. The van der Waals surface area contributed by atoms with Gasteiger partial charge in [0.05, 0.1) is 10.7 Å². The van der Waals surface area contributed by atoms with Gasteiger partial charge in [-0.25, -0.2) is 15.8 Å². The van der Waals surface area contributed by atoms with Crippen molar-refractivity contribution in [2.75, 3.05) is 32.4 Å². The average Bonchev–Trinajstić information content (AvgIpc) is 3.37. The lowest BCUT2D eigenvalue weighted by atomic mass is 10.3. The van der Waals surface area contributed by atoms with Crippen LogP contribution >= 0.6 is 11.8 Å². The molecule has 4 aliphatic heterocycles. The van der Waals surface area contributed by atoms with Crippen molar-refractivity contribution in [1.29, 1.82) is 0 Å². The summed E-state index contributed by atoms with van der Waals surface area (Å²) >= 11 is 1.68. The number of hydrogen-bond donors (Lipinski definition) is 3. The molecule has 4 N–H and O–H groups in total. The summed E-state index contributed by atoms with van der Waals surface area (Å²) in [4.78, 5) is 0. The number of hydrazine groups is 2. The first-order valence-electron chi connectivity index (χ1n) is 9.73. The van der Waals surface area contributed by atoms with Crippen LogP contribution in [-0.2, 0) is 0 Å². The molecule has 0 aliphatic carbocycles. The van der Waals surface area contributed by atoms with Crippen LogP contribution < -0.4 is 21.5 Å². The maximum Gasteiger partial charge on any atom is 0.322 e. The average molecular weight is 428 g/mol. The van der Waals surface area contributed by atoms with E-state index >= 15 is 0 Å². The van der Waals surface area contributed by atoms with Crippen LogP contribution in [0.2, 0.25) is 0 Å². The molecule has 11 heteroatoms. The van der Waals surface area contributed by atoms with Crippen LogP contribution in [0, 0.1) is 0 Å². The third kappa shape index (κ3) is 2.47. The van der Waals surface area contributed by atoms with Crippen LogP contribution in [0.15, 0.2) is 63.5 Å². The number of thioether (sulfide) groups is 1. The summed E-state index contributed by atoms with van der Waals surface area (Å²) in [5, 5.41) is 22.5. The number of para-hydroxylation sites is 1. The van der Waals surface area contributed by atoms with Gasteiger partial charge in [0, 0.05) is 26.2 Å².